The highest BCUT2D eigenvalue weighted by molar-refractivity contribution is 5.70. The Morgan fingerprint density at radius 1 is 1.43 bits per heavy atom. The van der Waals surface area contributed by atoms with Crippen molar-refractivity contribution < 1.29 is 19.1 Å². The Bertz CT molecular complexity index is 240. The second-order valence-electron chi connectivity index (χ2n) is 2.36. The molecule has 0 aliphatic rings. The quantitative estimate of drug-likeness (QED) is 0.750. The van der Waals surface area contributed by atoms with Crippen LogP contribution in [0.4, 0.5) is 0 Å². The van der Waals surface area contributed by atoms with E-state index in [0.29, 0.717) is 12.0 Å². The molecular weight excluding hydrogens is 184 g/mol. The van der Waals surface area contributed by atoms with Crippen molar-refractivity contribution in [1.29, 1.82) is 0 Å². The SMILES string of the molecule is CCOCC.O=Cc1ccc(CO)o1. The van der Waals surface area contributed by atoms with Crippen molar-refractivity contribution in [2.45, 2.75) is 20.5 Å². The lowest BCUT2D eigenvalue weighted by Gasteiger charge is -1.86. The number of furan rings is 1. The molecule has 4 nitrogen and oxygen atoms in total. The molecule has 0 aromatic carbocycles. The number of carbonyl (C=O) groups is 1. The number of carbonyl (C=O) groups excluding carboxylic acids is 1. The molecule has 0 fully saturated rings. The Balaban J connectivity index is 0.000000292. The maximum absolute atomic E-state index is 9.96. The van der Waals surface area contributed by atoms with E-state index in [4.69, 9.17) is 14.3 Å². The Morgan fingerprint density at radius 3 is 2.29 bits per heavy atom. The van der Waals surface area contributed by atoms with Gasteiger partial charge < -0.3 is 14.3 Å². The smallest absolute Gasteiger partial charge is 0.185 e. The molecule has 0 atom stereocenters. The summed E-state index contributed by atoms with van der Waals surface area (Å²) in [6, 6.07) is 3.07. The highest BCUT2D eigenvalue weighted by Gasteiger charge is 1.96. The number of ether oxygens (including phenoxy) is 1. The molecule has 0 saturated carbocycles. The van der Waals surface area contributed by atoms with E-state index in [1.54, 1.807) is 6.07 Å². The number of rotatable bonds is 4. The van der Waals surface area contributed by atoms with Crippen molar-refractivity contribution in [3.8, 4) is 0 Å². The molecule has 4 heteroatoms. The maximum atomic E-state index is 9.96. The average Bonchev–Trinajstić information content (AvgIpc) is 2.67. The molecule has 1 heterocycles. The highest BCUT2D eigenvalue weighted by atomic mass is 16.5. The van der Waals surface area contributed by atoms with Crippen LogP contribution in [0.3, 0.4) is 0 Å². The van der Waals surface area contributed by atoms with Crippen molar-refractivity contribution >= 4 is 6.29 Å². The van der Waals surface area contributed by atoms with E-state index < -0.39 is 0 Å². The summed E-state index contributed by atoms with van der Waals surface area (Å²) in [6.07, 6.45) is 0.596. The van der Waals surface area contributed by atoms with Crippen LogP contribution < -0.4 is 0 Å². The fraction of sp³-hybridized carbons (Fsp3) is 0.500. The van der Waals surface area contributed by atoms with Crippen molar-refractivity contribution in [3.63, 3.8) is 0 Å². The summed E-state index contributed by atoms with van der Waals surface area (Å²) in [7, 11) is 0. The topological polar surface area (TPSA) is 59.7 Å². The Labute approximate surface area is 83.5 Å². The van der Waals surface area contributed by atoms with E-state index in [9.17, 15) is 4.79 Å². The van der Waals surface area contributed by atoms with E-state index in [-0.39, 0.29) is 12.4 Å². The zero-order chi connectivity index (χ0) is 10.8. The minimum absolute atomic E-state index is 0.159. The third kappa shape index (κ3) is 5.50. The van der Waals surface area contributed by atoms with Crippen LogP contribution in [0.5, 0.6) is 0 Å². The molecule has 80 valence electrons. The molecule has 14 heavy (non-hydrogen) atoms. The molecule has 0 aliphatic carbocycles. The molecule has 0 bridgehead atoms. The van der Waals surface area contributed by atoms with E-state index in [1.165, 1.54) is 6.07 Å². The molecule has 0 amide bonds. The third-order valence-electron chi connectivity index (χ3n) is 1.36. The number of aliphatic hydroxyl groups excluding tert-OH is 1. The molecular formula is C10H16O4. The van der Waals surface area contributed by atoms with Gasteiger partial charge in [-0.05, 0) is 26.0 Å². The fourth-order valence-corrected chi connectivity index (χ4v) is 0.747. The van der Waals surface area contributed by atoms with Gasteiger partial charge in [0.2, 0.25) is 0 Å². The largest absolute Gasteiger partial charge is 0.456 e. The molecule has 1 aromatic heterocycles. The summed E-state index contributed by atoms with van der Waals surface area (Å²) in [5, 5.41) is 8.44. The molecule has 0 saturated heterocycles. The van der Waals surface area contributed by atoms with Crippen molar-refractivity contribution in [2.24, 2.45) is 0 Å². The highest BCUT2D eigenvalue weighted by Crippen LogP contribution is 2.03. The second-order valence-corrected chi connectivity index (χ2v) is 2.36. The van der Waals surface area contributed by atoms with E-state index >= 15 is 0 Å². The summed E-state index contributed by atoms with van der Waals surface area (Å²) in [6.45, 7) is 5.51. The van der Waals surface area contributed by atoms with Crippen LogP contribution >= 0.6 is 0 Å². The normalized spacial score (nSPS) is 9.07. The first-order chi connectivity index (χ1) is 6.78. The van der Waals surface area contributed by atoms with Crippen LogP contribution in [0.15, 0.2) is 16.5 Å². The van der Waals surface area contributed by atoms with Gasteiger partial charge >= 0.3 is 0 Å². The number of hydrogen-bond donors (Lipinski definition) is 1. The number of hydrogen-bond acceptors (Lipinski definition) is 4. The van der Waals surface area contributed by atoms with E-state index in [0.717, 1.165) is 13.2 Å². The summed E-state index contributed by atoms with van der Waals surface area (Å²) in [4.78, 5) is 9.96. The fourth-order valence-electron chi connectivity index (χ4n) is 0.747. The van der Waals surface area contributed by atoms with Gasteiger partial charge in [-0.15, -0.1) is 0 Å². The molecule has 0 radical (unpaired) electrons. The Hall–Kier alpha value is -1.13. The van der Waals surface area contributed by atoms with Crippen LogP contribution in [-0.2, 0) is 11.3 Å². The van der Waals surface area contributed by atoms with Crippen LogP contribution in [0.2, 0.25) is 0 Å². The van der Waals surface area contributed by atoms with Gasteiger partial charge in [0.1, 0.15) is 12.4 Å². The van der Waals surface area contributed by atoms with Gasteiger partial charge in [-0.1, -0.05) is 0 Å². The monoisotopic (exact) mass is 200 g/mol. The van der Waals surface area contributed by atoms with E-state index in [2.05, 4.69) is 0 Å². The zero-order valence-electron chi connectivity index (χ0n) is 8.53. The average molecular weight is 200 g/mol. The van der Waals surface area contributed by atoms with Gasteiger partial charge in [-0.3, -0.25) is 4.79 Å². The predicted molar refractivity (Wildman–Crippen MR) is 52.2 cm³/mol. The van der Waals surface area contributed by atoms with E-state index in [1.807, 2.05) is 13.8 Å². The standard InChI is InChI=1S/C6H6O3.C4H10O/c7-3-5-1-2-6(4-8)9-5;1-3-5-4-2/h1-3,8H,4H2;3-4H2,1-2H3. The Kier molecular flexibility index (Phi) is 7.78. The van der Waals surface area contributed by atoms with Gasteiger partial charge in [0.05, 0.1) is 0 Å². The number of aldehydes is 1. The summed E-state index contributed by atoms with van der Waals surface area (Å²) < 4.78 is 9.60. The zero-order valence-corrected chi connectivity index (χ0v) is 8.53. The van der Waals surface area contributed by atoms with Gasteiger partial charge in [0, 0.05) is 13.2 Å². The maximum Gasteiger partial charge on any atom is 0.185 e. The first kappa shape index (κ1) is 12.9. The van der Waals surface area contributed by atoms with Crippen molar-refractivity contribution in [3.05, 3.63) is 23.7 Å². The minimum Gasteiger partial charge on any atom is -0.456 e. The molecule has 0 aliphatic heterocycles. The van der Waals surface area contributed by atoms with Crippen LogP contribution in [0, 0.1) is 0 Å². The van der Waals surface area contributed by atoms with Crippen LogP contribution in [-0.4, -0.2) is 24.6 Å². The summed E-state index contributed by atoms with van der Waals surface area (Å²) in [5.74, 6) is 0.663. The van der Waals surface area contributed by atoms with Crippen molar-refractivity contribution in [2.75, 3.05) is 13.2 Å². The van der Waals surface area contributed by atoms with Gasteiger partial charge in [-0.25, -0.2) is 0 Å². The van der Waals surface area contributed by atoms with Gasteiger partial charge in [0.25, 0.3) is 0 Å². The summed E-state index contributed by atoms with van der Waals surface area (Å²) in [5.41, 5.74) is 0. The third-order valence-corrected chi connectivity index (χ3v) is 1.36. The second kappa shape index (κ2) is 8.47. The molecule has 1 N–H and O–H groups in total. The lowest BCUT2D eigenvalue weighted by Crippen LogP contribution is -1.84. The number of aliphatic hydroxyl groups is 1. The first-order valence-corrected chi connectivity index (χ1v) is 4.50. The first-order valence-electron chi connectivity index (χ1n) is 4.50. The molecule has 0 spiro atoms. The Morgan fingerprint density at radius 2 is 2.07 bits per heavy atom. The molecule has 0 unspecified atom stereocenters. The lowest BCUT2D eigenvalue weighted by atomic mass is 10.4. The van der Waals surface area contributed by atoms with Gasteiger partial charge in [-0.2, -0.15) is 0 Å². The van der Waals surface area contributed by atoms with Gasteiger partial charge in [0.15, 0.2) is 12.0 Å². The van der Waals surface area contributed by atoms with Crippen LogP contribution in [0.25, 0.3) is 0 Å². The molecule has 1 rings (SSSR count). The summed E-state index contributed by atoms with van der Waals surface area (Å²) >= 11 is 0. The minimum atomic E-state index is -0.159. The van der Waals surface area contributed by atoms with Crippen LogP contribution in [0.1, 0.15) is 30.2 Å². The lowest BCUT2D eigenvalue weighted by molar-refractivity contribution is 0.109. The van der Waals surface area contributed by atoms with Crippen molar-refractivity contribution in [1.82, 2.24) is 0 Å². The predicted octanol–water partition coefficient (Wildman–Crippen LogP) is 1.63. The molecule has 1 aromatic rings.